The SMILES string of the molecule is Cc1ccc(NC[C@]2(N=Cc3ccccc3)O[C@@H](CO)[C@@H](O)[C@H]2O)cc1. The Morgan fingerprint density at radius 2 is 1.81 bits per heavy atom. The van der Waals surface area contributed by atoms with Crippen LogP contribution in [0.5, 0.6) is 0 Å². The third-order valence-corrected chi connectivity index (χ3v) is 4.53. The van der Waals surface area contributed by atoms with Gasteiger partial charge in [0, 0.05) is 11.9 Å². The largest absolute Gasteiger partial charge is 0.394 e. The second kappa shape index (κ2) is 7.97. The van der Waals surface area contributed by atoms with E-state index in [0.29, 0.717) is 0 Å². The summed E-state index contributed by atoms with van der Waals surface area (Å²) in [6.45, 7) is 1.75. The van der Waals surface area contributed by atoms with Crippen LogP contribution in [0.2, 0.25) is 0 Å². The summed E-state index contributed by atoms with van der Waals surface area (Å²) in [5, 5.41) is 33.4. The lowest BCUT2D eigenvalue weighted by molar-refractivity contribution is -0.0779. The van der Waals surface area contributed by atoms with E-state index >= 15 is 0 Å². The number of aliphatic imine (C=N–C) groups is 1. The number of aliphatic hydroxyl groups is 3. The first-order valence-corrected chi connectivity index (χ1v) is 8.60. The minimum Gasteiger partial charge on any atom is -0.394 e. The van der Waals surface area contributed by atoms with Gasteiger partial charge in [-0.25, -0.2) is 0 Å². The van der Waals surface area contributed by atoms with Crippen LogP contribution in [0.3, 0.4) is 0 Å². The number of aliphatic hydroxyl groups excluding tert-OH is 3. The van der Waals surface area contributed by atoms with Gasteiger partial charge in [0.15, 0.2) is 0 Å². The minimum absolute atomic E-state index is 0.147. The maximum Gasteiger partial charge on any atom is 0.204 e. The lowest BCUT2D eigenvalue weighted by atomic mass is 10.0. The van der Waals surface area contributed by atoms with Crippen molar-refractivity contribution < 1.29 is 20.1 Å². The van der Waals surface area contributed by atoms with Crippen LogP contribution in [0, 0.1) is 6.92 Å². The van der Waals surface area contributed by atoms with Crippen molar-refractivity contribution in [3.63, 3.8) is 0 Å². The summed E-state index contributed by atoms with van der Waals surface area (Å²) in [4.78, 5) is 4.46. The highest BCUT2D eigenvalue weighted by atomic mass is 16.6. The second-order valence-electron chi connectivity index (χ2n) is 6.51. The van der Waals surface area contributed by atoms with Gasteiger partial charge < -0.3 is 25.4 Å². The molecule has 138 valence electrons. The van der Waals surface area contributed by atoms with Crippen molar-refractivity contribution in [3.8, 4) is 0 Å². The smallest absolute Gasteiger partial charge is 0.204 e. The molecule has 2 aromatic carbocycles. The zero-order valence-electron chi connectivity index (χ0n) is 14.6. The van der Waals surface area contributed by atoms with Crippen LogP contribution >= 0.6 is 0 Å². The molecule has 0 amide bonds. The van der Waals surface area contributed by atoms with E-state index in [0.717, 1.165) is 16.8 Å². The molecule has 0 aliphatic carbocycles. The Kier molecular flexibility index (Phi) is 5.68. The average Bonchev–Trinajstić information content (AvgIpc) is 2.92. The molecule has 0 aromatic heterocycles. The van der Waals surface area contributed by atoms with Crippen LogP contribution in [0.1, 0.15) is 11.1 Å². The van der Waals surface area contributed by atoms with Gasteiger partial charge in [-0.05, 0) is 24.6 Å². The van der Waals surface area contributed by atoms with Crippen LogP contribution in [-0.2, 0) is 4.74 Å². The lowest BCUT2D eigenvalue weighted by Crippen LogP contribution is -2.47. The van der Waals surface area contributed by atoms with Gasteiger partial charge in [0.1, 0.15) is 18.3 Å². The lowest BCUT2D eigenvalue weighted by Gasteiger charge is -2.28. The highest BCUT2D eigenvalue weighted by Gasteiger charge is 2.53. The number of benzene rings is 2. The molecule has 1 saturated heterocycles. The van der Waals surface area contributed by atoms with Crippen molar-refractivity contribution >= 4 is 11.9 Å². The summed E-state index contributed by atoms with van der Waals surface area (Å²) < 4.78 is 5.78. The average molecular weight is 356 g/mol. The molecule has 1 fully saturated rings. The quantitative estimate of drug-likeness (QED) is 0.586. The zero-order chi connectivity index (χ0) is 18.6. The van der Waals surface area contributed by atoms with Gasteiger partial charge in [0.2, 0.25) is 5.72 Å². The molecule has 4 N–H and O–H groups in total. The van der Waals surface area contributed by atoms with E-state index in [1.165, 1.54) is 0 Å². The number of hydrogen-bond acceptors (Lipinski definition) is 6. The molecule has 0 unspecified atom stereocenters. The number of anilines is 1. The van der Waals surface area contributed by atoms with Crippen LogP contribution in [0.25, 0.3) is 0 Å². The van der Waals surface area contributed by atoms with E-state index < -0.39 is 30.6 Å². The van der Waals surface area contributed by atoms with Gasteiger partial charge in [-0.15, -0.1) is 0 Å². The Balaban J connectivity index is 1.84. The zero-order valence-corrected chi connectivity index (χ0v) is 14.6. The van der Waals surface area contributed by atoms with Crippen molar-refractivity contribution in [2.75, 3.05) is 18.5 Å². The summed E-state index contributed by atoms with van der Waals surface area (Å²) in [6.07, 6.45) is -1.77. The Morgan fingerprint density at radius 1 is 1.12 bits per heavy atom. The van der Waals surface area contributed by atoms with Crippen LogP contribution in [-0.4, -0.2) is 58.7 Å². The maximum atomic E-state index is 10.6. The predicted octanol–water partition coefficient (Wildman–Crippen LogP) is 1.34. The summed E-state index contributed by atoms with van der Waals surface area (Å²) in [7, 11) is 0. The van der Waals surface area contributed by atoms with E-state index in [1.54, 1.807) is 6.21 Å². The van der Waals surface area contributed by atoms with Gasteiger partial charge in [0.25, 0.3) is 0 Å². The molecule has 26 heavy (non-hydrogen) atoms. The Hall–Kier alpha value is -2.25. The monoisotopic (exact) mass is 356 g/mol. The number of rotatable bonds is 6. The molecule has 4 atom stereocenters. The highest BCUT2D eigenvalue weighted by Crippen LogP contribution is 2.33. The first-order valence-electron chi connectivity index (χ1n) is 8.60. The summed E-state index contributed by atoms with van der Waals surface area (Å²) in [5.41, 5.74) is 1.44. The summed E-state index contributed by atoms with van der Waals surface area (Å²) in [5.74, 6) is 0. The normalized spacial score (nSPS) is 28.5. The molecule has 6 nitrogen and oxygen atoms in total. The maximum absolute atomic E-state index is 10.6. The number of ether oxygens (including phenoxy) is 1. The van der Waals surface area contributed by atoms with Crippen molar-refractivity contribution in [2.45, 2.75) is 31.0 Å². The Labute approximate surface area is 152 Å². The predicted molar refractivity (Wildman–Crippen MR) is 100 cm³/mol. The first-order chi connectivity index (χ1) is 12.5. The van der Waals surface area contributed by atoms with E-state index in [9.17, 15) is 15.3 Å². The molecule has 6 heteroatoms. The summed E-state index contributed by atoms with van der Waals surface area (Å²) >= 11 is 0. The Morgan fingerprint density at radius 3 is 2.42 bits per heavy atom. The van der Waals surface area contributed by atoms with E-state index in [4.69, 9.17) is 4.74 Å². The molecule has 1 aliphatic rings. The fourth-order valence-electron chi connectivity index (χ4n) is 2.94. The third-order valence-electron chi connectivity index (χ3n) is 4.53. The van der Waals surface area contributed by atoms with Gasteiger partial charge in [-0.2, -0.15) is 0 Å². The fourth-order valence-corrected chi connectivity index (χ4v) is 2.94. The highest BCUT2D eigenvalue weighted by molar-refractivity contribution is 5.79. The van der Waals surface area contributed by atoms with Gasteiger partial charge >= 0.3 is 0 Å². The van der Waals surface area contributed by atoms with Crippen molar-refractivity contribution in [2.24, 2.45) is 4.99 Å². The molecule has 0 bridgehead atoms. The first kappa shape index (κ1) is 18.5. The number of hydrogen-bond donors (Lipinski definition) is 4. The molecular formula is C20H24N2O4. The Bertz CT molecular complexity index is 735. The summed E-state index contributed by atoms with van der Waals surface area (Å²) in [6, 6.07) is 17.2. The molecular weight excluding hydrogens is 332 g/mol. The van der Waals surface area contributed by atoms with Crippen molar-refractivity contribution in [1.29, 1.82) is 0 Å². The van der Waals surface area contributed by atoms with Gasteiger partial charge in [-0.1, -0.05) is 48.0 Å². The molecule has 1 heterocycles. The fraction of sp³-hybridized carbons (Fsp3) is 0.350. The molecule has 0 spiro atoms. The molecule has 2 aromatic rings. The van der Waals surface area contributed by atoms with E-state index in [1.807, 2.05) is 61.5 Å². The van der Waals surface area contributed by atoms with Crippen molar-refractivity contribution in [3.05, 3.63) is 65.7 Å². The van der Waals surface area contributed by atoms with Gasteiger partial charge in [0.05, 0.1) is 13.2 Å². The van der Waals surface area contributed by atoms with E-state index in [2.05, 4.69) is 10.3 Å². The van der Waals surface area contributed by atoms with Crippen LogP contribution in [0.4, 0.5) is 5.69 Å². The number of nitrogens with one attached hydrogen (secondary N) is 1. The topological polar surface area (TPSA) is 94.3 Å². The van der Waals surface area contributed by atoms with Crippen LogP contribution in [0.15, 0.2) is 59.6 Å². The third kappa shape index (κ3) is 3.94. The molecule has 1 aliphatic heterocycles. The second-order valence-corrected chi connectivity index (χ2v) is 6.51. The van der Waals surface area contributed by atoms with Crippen molar-refractivity contribution in [1.82, 2.24) is 0 Å². The molecule has 0 radical (unpaired) electrons. The minimum atomic E-state index is -1.40. The van der Waals surface area contributed by atoms with Gasteiger partial charge in [-0.3, -0.25) is 4.99 Å². The molecule has 0 saturated carbocycles. The molecule has 3 rings (SSSR count). The number of nitrogens with zero attached hydrogens (tertiary/aromatic N) is 1. The standard InChI is InChI=1S/C20H24N2O4/c1-14-7-9-16(10-8-14)21-13-20(19(25)18(24)17(12-23)26-20)22-11-15-5-3-2-4-6-15/h2-11,17-19,21,23-25H,12-13H2,1H3/t17-,18+,19+,20-/m0/s1. The van der Waals surface area contributed by atoms with Crippen LogP contribution < -0.4 is 5.32 Å². The number of aryl methyl sites for hydroxylation is 1. The van der Waals surface area contributed by atoms with E-state index in [-0.39, 0.29) is 6.54 Å².